The number of nitrogens with two attached hydrogens (primary N) is 1. The van der Waals surface area contributed by atoms with Gasteiger partial charge in [-0.3, -0.25) is 0 Å². The van der Waals surface area contributed by atoms with Crippen LogP contribution in [0.3, 0.4) is 0 Å². The molecule has 0 aromatic heterocycles. The fourth-order valence-electron chi connectivity index (χ4n) is 1.01. The third kappa shape index (κ3) is 5.94. The zero-order chi connectivity index (χ0) is 10.3. The maximum absolute atomic E-state index is 5.37. The molecule has 0 saturated heterocycles. The van der Waals surface area contributed by atoms with Gasteiger partial charge in [-0.25, -0.2) is 4.99 Å². The molecule has 1 rings (SSSR count). The molecule has 1 heterocycles. The summed E-state index contributed by atoms with van der Waals surface area (Å²) >= 11 is 0. The van der Waals surface area contributed by atoms with Crippen LogP contribution in [0.5, 0.6) is 0 Å². The number of rotatable bonds is 3. The molecule has 1 unspecified atom stereocenters. The van der Waals surface area contributed by atoms with E-state index in [9.17, 15) is 0 Å². The largest absolute Gasteiger partial charge is 0.463 e. The molecule has 1 aliphatic rings. The number of aliphatic imine (C=N–C) groups is 1. The molecule has 0 aromatic carbocycles. The number of ether oxygens (including phenoxy) is 2. The van der Waals surface area contributed by atoms with Crippen molar-refractivity contribution in [3.05, 3.63) is 0 Å². The van der Waals surface area contributed by atoms with E-state index in [-0.39, 0.29) is 38.2 Å². The maximum atomic E-state index is 5.37. The normalized spacial score (nSPS) is 23.9. The van der Waals surface area contributed by atoms with E-state index in [0.717, 1.165) is 6.42 Å². The molecule has 0 amide bonds. The van der Waals surface area contributed by atoms with Crippen molar-refractivity contribution >= 4 is 6.02 Å². The van der Waals surface area contributed by atoms with Crippen molar-refractivity contribution in [1.29, 1.82) is 0 Å². The smallest absolute Gasteiger partial charge is 0.282 e. The molecular formula is C9H20N2O2Y. The summed E-state index contributed by atoms with van der Waals surface area (Å²) < 4.78 is 9.98. The van der Waals surface area contributed by atoms with Crippen LogP contribution in [0.15, 0.2) is 4.99 Å². The van der Waals surface area contributed by atoms with Crippen molar-refractivity contribution in [2.75, 3.05) is 20.3 Å². The molecule has 0 aliphatic carbocycles. The minimum Gasteiger partial charge on any atom is -0.463 e. The SMILES string of the molecule is CC.COCCC1(C)COC(N)=N1.[Y]. The number of amidine groups is 1. The van der Waals surface area contributed by atoms with Crippen LogP contribution in [0, 0.1) is 0 Å². The van der Waals surface area contributed by atoms with Gasteiger partial charge < -0.3 is 15.2 Å². The molecule has 0 fully saturated rings. The zero-order valence-electron chi connectivity index (χ0n) is 9.54. The standard InChI is InChI=1S/C7H14N2O2.C2H6.Y/c1-7(3-4-10-2)5-11-6(8)9-7;1-2;/h3-5H2,1-2H3,(H2,8,9);1-2H3;. The van der Waals surface area contributed by atoms with E-state index in [1.807, 2.05) is 20.8 Å². The van der Waals surface area contributed by atoms with Gasteiger partial charge in [-0.05, 0) is 13.3 Å². The molecule has 2 N–H and O–H groups in total. The maximum Gasteiger partial charge on any atom is 0.282 e. The van der Waals surface area contributed by atoms with Crippen LogP contribution in [-0.2, 0) is 42.2 Å². The third-order valence-corrected chi connectivity index (χ3v) is 1.76. The van der Waals surface area contributed by atoms with Gasteiger partial charge in [0.15, 0.2) is 0 Å². The summed E-state index contributed by atoms with van der Waals surface area (Å²) in [6.07, 6.45) is 0.851. The molecule has 5 heteroatoms. The Labute approximate surface area is 112 Å². The van der Waals surface area contributed by atoms with Crippen molar-refractivity contribution in [3.8, 4) is 0 Å². The molecule has 14 heavy (non-hydrogen) atoms. The van der Waals surface area contributed by atoms with E-state index < -0.39 is 0 Å². The predicted octanol–water partition coefficient (Wildman–Crippen LogP) is 1.15. The Hall–Kier alpha value is 0.334. The molecule has 0 aromatic rings. The van der Waals surface area contributed by atoms with E-state index in [2.05, 4.69) is 4.99 Å². The van der Waals surface area contributed by atoms with Gasteiger partial charge in [0.1, 0.15) is 6.61 Å². The Morgan fingerprint density at radius 3 is 2.50 bits per heavy atom. The van der Waals surface area contributed by atoms with Gasteiger partial charge >= 0.3 is 0 Å². The number of hydrogen-bond donors (Lipinski definition) is 1. The summed E-state index contributed by atoms with van der Waals surface area (Å²) in [6, 6.07) is 0.295. The summed E-state index contributed by atoms with van der Waals surface area (Å²) in [7, 11) is 1.67. The first-order valence-electron chi connectivity index (χ1n) is 4.63. The van der Waals surface area contributed by atoms with Crippen LogP contribution in [-0.4, -0.2) is 31.9 Å². The van der Waals surface area contributed by atoms with E-state index in [0.29, 0.717) is 19.2 Å². The first kappa shape index (κ1) is 16.8. The van der Waals surface area contributed by atoms with Crippen LogP contribution in [0.25, 0.3) is 0 Å². The van der Waals surface area contributed by atoms with Crippen LogP contribution < -0.4 is 5.73 Å². The molecule has 1 aliphatic heterocycles. The molecule has 4 nitrogen and oxygen atoms in total. The summed E-state index contributed by atoms with van der Waals surface area (Å²) in [4.78, 5) is 4.15. The van der Waals surface area contributed by atoms with Crippen molar-refractivity contribution < 1.29 is 42.2 Å². The van der Waals surface area contributed by atoms with E-state index in [1.165, 1.54) is 0 Å². The van der Waals surface area contributed by atoms with E-state index in [4.69, 9.17) is 15.2 Å². The fourth-order valence-corrected chi connectivity index (χ4v) is 1.01. The zero-order valence-corrected chi connectivity index (χ0v) is 12.4. The predicted molar refractivity (Wildman–Crippen MR) is 53.8 cm³/mol. The topological polar surface area (TPSA) is 56.8 Å². The molecule has 0 bridgehead atoms. The second-order valence-electron chi connectivity index (χ2n) is 2.98. The van der Waals surface area contributed by atoms with Crippen LogP contribution >= 0.6 is 0 Å². The van der Waals surface area contributed by atoms with Crippen LogP contribution in [0.4, 0.5) is 0 Å². The van der Waals surface area contributed by atoms with Crippen molar-refractivity contribution in [1.82, 2.24) is 0 Å². The minimum atomic E-state index is -0.167. The Morgan fingerprint density at radius 2 is 2.14 bits per heavy atom. The third-order valence-electron chi connectivity index (χ3n) is 1.76. The van der Waals surface area contributed by atoms with Crippen molar-refractivity contribution in [3.63, 3.8) is 0 Å². The van der Waals surface area contributed by atoms with Gasteiger partial charge in [-0.2, -0.15) is 0 Å². The van der Waals surface area contributed by atoms with Crippen molar-refractivity contribution in [2.45, 2.75) is 32.7 Å². The summed E-state index contributed by atoms with van der Waals surface area (Å²) in [6.45, 7) is 7.27. The Bertz CT molecular complexity index is 176. The molecule has 1 atom stereocenters. The molecule has 81 valence electrons. The van der Waals surface area contributed by atoms with Gasteiger partial charge in [-0.15, -0.1) is 0 Å². The second kappa shape index (κ2) is 8.63. The first-order chi connectivity index (χ1) is 6.16. The summed E-state index contributed by atoms with van der Waals surface area (Å²) in [5.74, 6) is 0. The van der Waals surface area contributed by atoms with Gasteiger partial charge in [0.2, 0.25) is 0 Å². The average molecular weight is 277 g/mol. The fraction of sp³-hybridized carbons (Fsp3) is 0.889. The first-order valence-corrected chi connectivity index (χ1v) is 4.63. The Morgan fingerprint density at radius 1 is 1.57 bits per heavy atom. The molecular weight excluding hydrogens is 257 g/mol. The summed E-state index contributed by atoms with van der Waals surface area (Å²) in [5, 5.41) is 0. The van der Waals surface area contributed by atoms with Crippen LogP contribution in [0.1, 0.15) is 27.2 Å². The Balaban J connectivity index is 0. The van der Waals surface area contributed by atoms with Gasteiger partial charge in [0.05, 0.1) is 5.54 Å². The number of hydrogen-bond acceptors (Lipinski definition) is 4. The van der Waals surface area contributed by atoms with Gasteiger partial charge in [-0.1, -0.05) is 13.8 Å². The minimum absolute atomic E-state index is 0. The average Bonchev–Trinajstić information content (AvgIpc) is 2.47. The van der Waals surface area contributed by atoms with Crippen LogP contribution in [0.2, 0.25) is 0 Å². The second-order valence-corrected chi connectivity index (χ2v) is 2.98. The monoisotopic (exact) mass is 277 g/mol. The number of nitrogens with zero attached hydrogens (tertiary/aromatic N) is 1. The number of methoxy groups -OCH3 is 1. The van der Waals surface area contributed by atoms with E-state index >= 15 is 0 Å². The Kier molecular flexibility index (Phi) is 10.3. The molecule has 1 radical (unpaired) electrons. The van der Waals surface area contributed by atoms with Crippen molar-refractivity contribution in [2.24, 2.45) is 10.7 Å². The van der Waals surface area contributed by atoms with Gasteiger partial charge in [0.25, 0.3) is 6.02 Å². The molecule has 0 saturated carbocycles. The van der Waals surface area contributed by atoms with Gasteiger partial charge in [0, 0.05) is 46.4 Å². The summed E-state index contributed by atoms with van der Waals surface area (Å²) in [5.41, 5.74) is 5.20. The molecule has 0 spiro atoms. The quantitative estimate of drug-likeness (QED) is 0.842. The van der Waals surface area contributed by atoms with E-state index in [1.54, 1.807) is 7.11 Å².